The molecule has 0 aromatic heterocycles. The quantitative estimate of drug-likeness (QED) is 0.688. The molecule has 2 amide bonds. The Bertz CT molecular complexity index is 955. The molecule has 4 aliphatic rings. The van der Waals surface area contributed by atoms with Crippen LogP contribution in [0, 0.1) is 34.5 Å². The number of fused-ring (bicyclic) bond motifs is 5. The van der Waals surface area contributed by atoms with Gasteiger partial charge in [-0.2, -0.15) is 0 Å². The van der Waals surface area contributed by atoms with Crippen molar-refractivity contribution in [3.63, 3.8) is 0 Å². The zero-order valence-electron chi connectivity index (χ0n) is 20.0. The molecule has 3 aliphatic carbocycles. The Morgan fingerprint density at radius 2 is 1.78 bits per heavy atom. The Morgan fingerprint density at radius 1 is 1.06 bits per heavy atom. The van der Waals surface area contributed by atoms with E-state index in [9.17, 15) is 9.59 Å². The molecule has 0 saturated heterocycles. The van der Waals surface area contributed by atoms with E-state index in [2.05, 4.69) is 51.1 Å². The van der Waals surface area contributed by atoms with Crippen LogP contribution in [-0.4, -0.2) is 29.8 Å². The van der Waals surface area contributed by atoms with Crippen LogP contribution >= 0.6 is 0 Å². The Kier molecular flexibility index (Phi) is 5.07. The van der Waals surface area contributed by atoms with Gasteiger partial charge < -0.3 is 10.6 Å². The minimum atomic E-state index is -0.582. The third-order valence-corrected chi connectivity index (χ3v) is 10.5. The number of nitrogens with two attached hydrogens (primary N) is 1. The summed E-state index contributed by atoms with van der Waals surface area (Å²) in [6.07, 6.45) is 9.22. The third-order valence-electron chi connectivity index (χ3n) is 10.5. The predicted molar refractivity (Wildman–Crippen MR) is 127 cm³/mol. The zero-order chi connectivity index (χ0) is 22.8. The molecule has 1 aromatic carbocycles. The van der Waals surface area contributed by atoms with Gasteiger partial charge in [-0.3, -0.25) is 9.59 Å². The smallest absolute Gasteiger partial charge is 0.259 e. The normalized spacial score (nSPS) is 41.9. The molecule has 0 spiro atoms. The fourth-order valence-corrected chi connectivity index (χ4v) is 8.92. The molecule has 8 atom stereocenters. The van der Waals surface area contributed by atoms with Gasteiger partial charge in [-0.25, -0.2) is 0 Å². The number of carbonyl (C=O) groups is 2. The Morgan fingerprint density at radius 3 is 2.47 bits per heavy atom. The molecule has 172 valence electrons. The second-order valence-corrected chi connectivity index (χ2v) is 11.6. The highest BCUT2D eigenvalue weighted by atomic mass is 16.2. The van der Waals surface area contributed by atoms with Crippen LogP contribution in [0.15, 0.2) is 42.0 Å². The van der Waals surface area contributed by atoms with E-state index in [1.807, 2.05) is 18.0 Å². The van der Waals surface area contributed by atoms with Gasteiger partial charge in [0.25, 0.3) is 11.8 Å². The minimum Gasteiger partial charge on any atom is -0.365 e. The molecule has 2 N–H and O–H groups in total. The van der Waals surface area contributed by atoms with E-state index in [4.69, 9.17) is 5.73 Å². The first-order chi connectivity index (χ1) is 15.2. The molecule has 0 bridgehead atoms. The second kappa shape index (κ2) is 7.46. The van der Waals surface area contributed by atoms with Gasteiger partial charge in [-0.15, -0.1) is 0 Å². The standard InChI is InChI=1S/C28H38N2O2/c1-17(18-8-6-5-7-9-18)21-11-12-22-19-10-13-24-28(3,23(19)14-15-27(21,22)2)16-20(25(29)31)26(32)30(24)4/h5-9,16-17,19,21-24H,10-15H2,1-4H3,(H2,29,31)/t17?,19-,21?,22-,23+,24?,27+,28+/m0/s1. The average Bonchev–Trinajstić information content (AvgIpc) is 3.13. The number of carbonyl (C=O) groups excluding carboxylic acids is 2. The summed E-state index contributed by atoms with van der Waals surface area (Å²) in [5, 5.41) is 0. The molecule has 1 aromatic rings. The van der Waals surface area contributed by atoms with Crippen molar-refractivity contribution in [1.29, 1.82) is 0 Å². The van der Waals surface area contributed by atoms with E-state index < -0.39 is 5.91 Å². The lowest BCUT2D eigenvalue weighted by molar-refractivity contribution is -0.142. The first kappa shape index (κ1) is 21.7. The Labute approximate surface area is 192 Å². The van der Waals surface area contributed by atoms with Crippen LogP contribution in [-0.2, 0) is 9.59 Å². The van der Waals surface area contributed by atoms with E-state index in [-0.39, 0.29) is 22.9 Å². The fourth-order valence-electron chi connectivity index (χ4n) is 8.92. The van der Waals surface area contributed by atoms with Gasteiger partial charge in [0.2, 0.25) is 0 Å². The molecule has 3 fully saturated rings. The summed E-state index contributed by atoms with van der Waals surface area (Å²) >= 11 is 0. The predicted octanol–water partition coefficient (Wildman–Crippen LogP) is 4.90. The maximum atomic E-state index is 12.8. The van der Waals surface area contributed by atoms with Crippen LogP contribution in [0.1, 0.15) is 70.8 Å². The number of likely N-dealkylation sites (N-methyl/N-ethyl adjacent to an activating group) is 1. The van der Waals surface area contributed by atoms with E-state index >= 15 is 0 Å². The molecule has 4 heteroatoms. The van der Waals surface area contributed by atoms with Crippen LogP contribution in [0.5, 0.6) is 0 Å². The van der Waals surface area contributed by atoms with Gasteiger partial charge >= 0.3 is 0 Å². The Hall–Kier alpha value is -2.10. The van der Waals surface area contributed by atoms with Crippen molar-refractivity contribution in [3.8, 4) is 0 Å². The summed E-state index contributed by atoms with van der Waals surface area (Å²) in [6.45, 7) is 7.30. The summed E-state index contributed by atoms with van der Waals surface area (Å²) in [5.74, 6) is 2.41. The van der Waals surface area contributed by atoms with Gasteiger partial charge in [0.1, 0.15) is 5.57 Å². The highest BCUT2D eigenvalue weighted by molar-refractivity contribution is 6.18. The first-order valence-corrected chi connectivity index (χ1v) is 12.5. The fraction of sp³-hybridized carbons (Fsp3) is 0.643. The SMILES string of the molecule is CC(c1ccccc1)C1CC[C@H]2[C@@H]3CCC4N(C)C(=O)C(C(N)=O)=C[C@]4(C)[C@@H]3CC[C@]12C. The Balaban J connectivity index is 1.47. The molecule has 32 heavy (non-hydrogen) atoms. The van der Waals surface area contributed by atoms with E-state index in [0.717, 1.165) is 12.3 Å². The van der Waals surface area contributed by atoms with Crippen LogP contribution in [0.4, 0.5) is 0 Å². The summed E-state index contributed by atoms with van der Waals surface area (Å²) in [6, 6.07) is 11.2. The zero-order valence-corrected chi connectivity index (χ0v) is 20.0. The summed E-state index contributed by atoms with van der Waals surface area (Å²) in [7, 11) is 1.86. The van der Waals surface area contributed by atoms with Crippen molar-refractivity contribution in [2.75, 3.05) is 7.05 Å². The first-order valence-electron chi connectivity index (χ1n) is 12.5. The van der Waals surface area contributed by atoms with Crippen LogP contribution < -0.4 is 5.73 Å². The monoisotopic (exact) mass is 434 g/mol. The largest absolute Gasteiger partial charge is 0.365 e. The number of primary amides is 1. The molecular weight excluding hydrogens is 396 g/mol. The molecule has 4 nitrogen and oxygen atoms in total. The molecule has 0 radical (unpaired) electrons. The average molecular weight is 435 g/mol. The van der Waals surface area contributed by atoms with Gasteiger partial charge in [0.05, 0.1) is 0 Å². The highest BCUT2D eigenvalue weighted by Crippen LogP contribution is 2.67. The van der Waals surface area contributed by atoms with Gasteiger partial charge in [-0.1, -0.05) is 57.2 Å². The van der Waals surface area contributed by atoms with Crippen LogP contribution in [0.3, 0.4) is 0 Å². The summed E-state index contributed by atoms with van der Waals surface area (Å²) in [5.41, 5.74) is 7.50. The number of hydrogen-bond donors (Lipinski definition) is 1. The van der Waals surface area contributed by atoms with Gasteiger partial charge in [0, 0.05) is 18.5 Å². The lowest BCUT2D eigenvalue weighted by atomic mass is 9.47. The number of amides is 2. The van der Waals surface area contributed by atoms with Crippen molar-refractivity contribution in [3.05, 3.63) is 47.5 Å². The van der Waals surface area contributed by atoms with Crippen LogP contribution in [0.25, 0.3) is 0 Å². The summed E-state index contributed by atoms with van der Waals surface area (Å²) < 4.78 is 0. The minimum absolute atomic E-state index is 0.166. The summed E-state index contributed by atoms with van der Waals surface area (Å²) in [4.78, 5) is 26.7. The highest BCUT2D eigenvalue weighted by Gasteiger charge is 2.61. The van der Waals surface area contributed by atoms with Gasteiger partial charge in [0.15, 0.2) is 0 Å². The number of benzene rings is 1. The third kappa shape index (κ3) is 2.94. The van der Waals surface area contributed by atoms with Gasteiger partial charge in [-0.05, 0) is 79.1 Å². The molecular formula is C28H38N2O2. The van der Waals surface area contributed by atoms with Crippen molar-refractivity contribution < 1.29 is 9.59 Å². The second-order valence-electron chi connectivity index (χ2n) is 11.6. The van der Waals surface area contributed by atoms with Crippen molar-refractivity contribution in [2.24, 2.45) is 40.2 Å². The van der Waals surface area contributed by atoms with Crippen LogP contribution in [0.2, 0.25) is 0 Å². The molecule has 1 aliphatic heterocycles. The topological polar surface area (TPSA) is 63.4 Å². The van der Waals surface area contributed by atoms with E-state index in [1.54, 1.807) is 0 Å². The number of nitrogens with zero attached hydrogens (tertiary/aromatic N) is 1. The number of rotatable bonds is 3. The van der Waals surface area contributed by atoms with Crippen molar-refractivity contribution >= 4 is 11.8 Å². The van der Waals surface area contributed by atoms with E-state index in [0.29, 0.717) is 29.1 Å². The maximum Gasteiger partial charge on any atom is 0.259 e. The number of hydrogen-bond acceptors (Lipinski definition) is 2. The molecule has 3 saturated carbocycles. The molecule has 5 rings (SSSR count). The van der Waals surface area contributed by atoms with Crippen molar-refractivity contribution in [1.82, 2.24) is 4.90 Å². The van der Waals surface area contributed by atoms with Crippen molar-refractivity contribution in [2.45, 2.75) is 71.3 Å². The lowest BCUT2D eigenvalue weighted by Crippen LogP contribution is -2.61. The maximum absolute atomic E-state index is 12.8. The van der Waals surface area contributed by atoms with E-state index in [1.165, 1.54) is 37.7 Å². The molecule has 3 unspecified atom stereocenters. The molecule has 1 heterocycles. The lowest BCUT2D eigenvalue weighted by Gasteiger charge is -2.61.